The van der Waals surface area contributed by atoms with Crippen LogP contribution in [0.2, 0.25) is 0 Å². The highest BCUT2D eigenvalue weighted by Crippen LogP contribution is 2.23. The third kappa shape index (κ3) is 7.81. The highest BCUT2D eigenvalue weighted by molar-refractivity contribution is 5.90. The van der Waals surface area contributed by atoms with Crippen molar-refractivity contribution in [2.45, 2.75) is 26.3 Å². The maximum absolute atomic E-state index is 11.9. The van der Waals surface area contributed by atoms with E-state index in [1.807, 2.05) is 38.2 Å². The van der Waals surface area contributed by atoms with Gasteiger partial charge in [0.1, 0.15) is 11.6 Å². The zero-order chi connectivity index (χ0) is 28.5. The van der Waals surface area contributed by atoms with Crippen molar-refractivity contribution < 1.29 is 14.7 Å². The van der Waals surface area contributed by atoms with Crippen LogP contribution in [0.3, 0.4) is 0 Å². The SMILES string of the molecule is CCC(=O)CN1CCN(Cc2cc(Nc3nccc(-c4ccc(N(C)CCCN)nc4)n3)ccc2C(=O)O)CC1. The Morgan fingerprint density at radius 1 is 1.07 bits per heavy atom. The van der Waals surface area contributed by atoms with Crippen LogP contribution in [-0.2, 0) is 11.3 Å². The smallest absolute Gasteiger partial charge is 0.336 e. The van der Waals surface area contributed by atoms with Crippen molar-refractivity contribution in [3.8, 4) is 11.3 Å². The number of aromatic carboxylic acids is 1. The first kappa shape index (κ1) is 29.1. The van der Waals surface area contributed by atoms with Crippen LogP contribution in [0.1, 0.15) is 35.7 Å². The highest BCUT2D eigenvalue weighted by Gasteiger charge is 2.21. The summed E-state index contributed by atoms with van der Waals surface area (Å²) in [6.07, 6.45) is 4.91. The van der Waals surface area contributed by atoms with Crippen LogP contribution in [-0.4, -0.2) is 94.5 Å². The fourth-order valence-corrected chi connectivity index (χ4v) is 4.63. The molecule has 0 spiro atoms. The molecular weight excluding hydrogens is 508 g/mol. The number of rotatable bonds is 13. The van der Waals surface area contributed by atoms with E-state index in [9.17, 15) is 14.7 Å². The number of piperazine rings is 1. The van der Waals surface area contributed by atoms with E-state index in [4.69, 9.17) is 5.73 Å². The molecule has 11 heteroatoms. The van der Waals surface area contributed by atoms with Crippen molar-refractivity contribution >= 4 is 29.2 Å². The van der Waals surface area contributed by atoms with Gasteiger partial charge in [-0.15, -0.1) is 0 Å². The van der Waals surface area contributed by atoms with Crippen LogP contribution >= 0.6 is 0 Å². The number of carbonyl (C=O) groups excluding carboxylic acids is 1. The predicted octanol–water partition coefficient (Wildman–Crippen LogP) is 2.86. The van der Waals surface area contributed by atoms with Crippen molar-refractivity contribution in [3.05, 3.63) is 59.9 Å². The lowest BCUT2D eigenvalue weighted by Crippen LogP contribution is -2.47. The van der Waals surface area contributed by atoms with E-state index >= 15 is 0 Å². The molecule has 11 nitrogen and oxygen atoms in total. The van der Waals surface area contributed by atoms with E-state index < -0.39 is 5.97 Å². The maximum Gasteiger partial charge on any atom is 0.336 e. The number of hydrogen-bond acceptors (Lipinski definition) is 10. The van der Waals surface area contributed by atoms with Crippen molar-refractivity contribution in [3.63, 3.8) is 0 Å². The molecule has 0 bridgehead atoms. The molecule has 3 aromatic rings. The molecule has 212 valence electrons. The van der Waals surface area contributed by atoms with E-state index in [-0.39, 0.29) is 11.3 Å². The number of nitrogens with zero attached hydrogens (tertiary/aromatic N) is 6. The number of hydrogen-bond donors (Lipinski definition) is 3. The second-order valence-corrected chi connectivity index (χ2v) is 9.98. The molecule has 1 aliphatic heterocycles. The summed E-state index contributed by atoms with van der Waals surface area (Å²) in [5, 5.41) is 13.0. The van der Waals surface area contributed by atoms with E-state index in [0.717, 1.165) is 56.2 Å². The Morgan fingerprint density at radius 3 is 2.52 bits per heavy atom. The number of nitrogens with one attached hydrogen (secondary N) is 1. The van der Waals surface area contributed by atoms with E-state index in [0.29, 0.717) is 43.3 Å². The summed E-state index contributed by atoms with van der Waals surface area (Å²) < 4.78 is 0. The number of ketones is 1. The Bertz CT molecular complexity index is 1290. The van der Waals surface area contributed by atoms with Gasteiger partial charge < -0.3 is 21.1 Å². The van der Waals surface area contributed by atoms with Gasteiger partial charge in [-0.1, -0.05) is 6.92 Å². The second-order valence-electron chi connectivity index (χ2n) is 9.98. The van der Waals surface area contributed by atoms with Crippen LogP contribution in [0, 0.1) is 0 Å². The molecule has 0 radical (unpaired) electrons. The lowest BCUT2D eigenvalue weighted by atomic mass is 10.1. The molecule has 1 fully saturated rings. The van der Waals surface area contributed by atoms with Gasteiger partial charge in [-0.2, -0.15) is 0 Å². The standard InChI is InChI=1S/C29H38N8O3/c1-3-24(38)20-37-15-13-36(14-16-37)19-22-17-23(6-7-25(22)28(39)40)33-29-31-11-9-26(34-29)21-5-8-27(32-18-21)35(2)12-4-10-30/h5-9,11,17-18H,3-4,10,12-16,19-20,30H2,1-2H3,(H,39,40)(H,31,33,34). The number of carbonyl (C=O) groups is 2. The molecule has 0 saturated carbocycles. The monoisotopic (exact) mass is 546 g/mol. The van der Waals surface area contributed by atoms with E-state index in [1.54, 1.807) is 24.5 Å². The second kappa shape index (κ2) is 13.9. The number of carboxylic acid groups (broad SMARTS) is 1. The van der Waals surface area contributed by atoms with Gasteiger partial charge in [0.25, 0.3) is 0 Å². The summed E-state index contributed by atoms with van der Waals surface area (Å²) >= 11 is 0. The fraction of sp³-hybridized carbons (Fsp3) is 0.414. The minimum Gasteiger partial charge on any atom is -0.478 e. The molecule has 0 atom stereocenters. The van der Waals surface area contributed by atoms with Crippen LogP contribution < -0.4 is 16.0 Å². The maximum atomic E-state index is 11.9. The van der Waals surface area contributed by atoms with E-state index in [1.165, 1.54) is 0 Å². The minimum atomic E-state index is -0.961. The zero-order valence-corrected chi connectivity index (χ0v) is 23.2. The van der Waals surface area contributed by atoms with Crippen LogP contribution in [0.25, 0.3) is 11.3 Å². The van der Waals surface area contributed by atoms with Gasteiger partial charge in [0.05, 0.1) is 17.8 Å². The molecule has 0 amide bonds. The molecule has 0 unspecified atom stereocenters. The normalized spacial score (nSPS) is 14.2. The molecule has 1 saturated heterocycles. The lowest BCUT2D eigenvalue weighted by molar-refractivity contribution is -0.120. The van der Waals surface area contributed by atoms with Crippen LogP contribution in [0.5, 0.6) is 0 Å². The van der Waals surface area contributed by atoms with Gasteiger partial charge in [-0.05, 0) is 54.9 Å². The third-order valence-corrected chi connectivity index (χ3v) is 7.03. The quantitative estimate of drug-likeness (QED) is 0.291. The van der Waals surface area contributed by atoms with Gasteiger partial charge in [-0.25, -0.2) is 19.7 Å². The first-order valence-electron chi connectivity index (χ1n) is 13.7. The average Bonchev–Trinajstić information content (AvgIpc) is 2.97. The molecule has 0 aliphatic carbocycles. The number of aromatic nitrogens is 3. The molecule has 4 N–H and O–H groups in total. The van der Waals surface area contributed by atoms with Crippen molar-refractivity contribution in [1.29, 1.82) is 0 Å². The fourth-order valence-electron chi connectivity index (χ4n) is 4.63. The summed E-state index contributed by atoms with van der Waals surface area (Å²) in [5.74, 6) is 0.555. The minimum absolute atomic E-state index is 0.242. The summed E-state index contributed by atoms with van der Waals surface area (Å²) in [4.78, 5) is 43.7. The Kier molecular flexibility index (Phi) is 10.1. The van der Waals surface area contributed by atoms with Crippen LogP contribution in [0.15, 0.2) is 48.8 Å². The van der Waals surface area contributed by atoms with Crippen molar-refractivity contribution in [2.24, 2.45) is 5.73 Å². The lowest BCUT2D eigenvalue weighted by Gasteiger charge is -2.34. The average molecular weight is 547 g/mol. The first-order valence-corrected chi connectivity index (χ1v) is 13.7. The Balaban J connectivity index is 1.44. The molecule has 40 heavy (non-hydrogen) atoms. The summed E-state index contributed by atoms with van der Waals surface area (Å²) in [6.45, 7) is 7.46. The van der Waals surface area contributed by atoms with Gasteiger partial charge in [-0.3, -0.25) is 14.6 Å². The first-order chi connectivity index (χ1) is 19.4. The summed E-state index contributed by atoms with van der Waals surface area (Å²) in [7, 11) is 1.99. The van der Waals surface area contributed by atoms with Crippen LogP contribution in [0.4, 0.5) is 17.5 Å². The molecule has 3 heterocycles. The molecule has 1 aromatic carbocycles. The van der Waals surface area contributed by atoms with Crippen molar-refractivity contribution in [2.75, 3.05) is 63.1 Å². The van der Waals surface area contributed by atoms with Gasteiger partial charge in [0.2, 0.25) is 5.95 Å². The van der Waals surface area contributed by atoms with Gasteiger partial charge >= 0.3 is 5.97 Å². The number of benzene rings is 1. The number of anilines is 3. The number of nitrogens with two attached hydrogens (primary N) is 1. The van der Waals surface area contributed by atoms with Gasteiger partial charge in [0, 0.05) is 76.4 Å². The molecule has 4 rings (SSSR count). The Hall–Kier alpha value is -3.93. The van der Waals surface area contributed by atoms with Gasteiger partial charge in [0.15, 0.2) is 0 Å². The molecule has 2 aromatic heterocycles. The third-order valence-electron chi connectivity index (χ3n) is 7.03. The number of Topliss-reactive ketones (excluding diaryl/α,β-unsaturated/α-hetero) is 1. The predicted molar refractivity (Wildman–Crippen MR) is 156 cm³/mol. The molecular formula is C29H38N8O3. The Labute approximate surface area is 235 Å². The summed E-state index contributed by atoms with van der Waals surface area (Å²) in [5.41, 5.74) is 8.89. The highest BCUT2D eigenvalue weighted by atomic mass is 16.4. The summed E-state index contributed by atoms with van der Waals surface area (Å²) in [6, 6.07) is 11.0. The molecule has 1 aliphatic rings. The van der Waals surface area contributed by atoms with E-state index in [2.05, 4.69) is 35.0 Å². The van der Waals surface area contributed by atoms with Crippen molar-refractivity contribution in [1.82, 2.24) is 24.8 Å². The Morgan fingerprint density at radius 2 is 1.85 bits per heavy atom. The largest absolute Gasteiger partial charge is 0.478 e. The number of pyridine rings is 1. The topological polar surface area (TPSA) is 141 Å². The zero-order valence-electron chi connectivity index (χ0n) is 23.2. The number of carboxylic acids is 1.